The van der Waals surface area contributed by atoms with Crippen LogP contribution in [0.2, 0.25) is 0 Å². The maximum atomic E-state index is 12.0. The highest BCUT2D eigenvalue weighted by Gasteiger charge is 2.08. The van der Waals surface area contributed by atoms with Gasteiger partial charge in [0.05, 0.1) is 7.11 Å². The van der Waals surface area contributed by atoms with Crippen molar-refractivity contribution in [1.82, 2.24) is 5.32 Å². The van der Waals surface area contributed by atoms with Crippen molar-refractivity contribution in [2.24, 2.45) is 0 Å². The predicted octanol–water partition coefficient (Wildman–Crippen LogP) is 3.77. The van der Waals surface area contributed by atoms with Crippen LogP contribution in [0.25, 0.3) is 0 Å². The van der Waals surface area contributed by atoms with Crippen molar-refractivity contribution >= 4 is 5.91 Å². The van der Waals surface area contributed by atoms with Crippen LogP contribution in [0.3, 0.4) is 0 Å². The van der Waals surface area contributed by atoms with Gasteiger partial charge in [-0.15, -0.1) is 0 Å². The van der Waals surface area contributed by atoms with E-state index in [-0.39, 0.29) is 11.9 Å². The smallest absolute Gasteiger partial charge is 0.220 e. The molecule has 2 aromatic rings. The molecule has 0 radical (unpaired) electrons. The molecule has 1 amide bonds. The fourth-order valence-electron chi connectivity index (χ4n) is 2.50. The van der Waals surface area contributed by atoms with Gasteiger partial charge in [0.2, 0.25) is 5.91 Å². The number of methoxy groups -OCH3 is 1. The number of hydrogen-bond acceptors (Lipinski definition) is 2. The number of carbonyl (C=O) groups excluding carboxylic acids is 1. The number of nitrogens with one attached hydrogen (secondary N) is 1. The first-order chi connectivity index (χ1) is 11.2. The summed E-state index contributed by atoms with van der Waals surface area (Å²) in [6, 6.07) is 18.4. The van der Waals surface area contributed by atoms with Crippen LogP contribution in [-0.4, -0.2) is 19.1 Å². The Morgan fingerprint density at radius 1 is 1.00 bits per heavy atom. The number of amides is 1. The van der Waals surface area contributed by atoms with E-state index in [0.29, 0.717) is 6.42 Å². The predicted molar refractivity (Wildman–Crippen MR) is 93.7 cm³/mol. The van der Waals surface area contributed by atoms with E-state index in [1.807, 2.05) is 42.5 Å². The molecule has 122 valence electrons. The molecule has 0 saturated carbocycles. The van der Waals surface area contributed by atoms with E-state index >= 15 is 0 Å². The van der Waals surface area contributed by atoms with E-state index in [4.69, 9.17) is 4.74 Å². The van der Waals surface area contributed by atoms with Crippen LogP contribution in [0.1, 0.15) is 30.9 Å². The Labute approximate surface area is 138 Å². The Hall–Kier alpha value is -2.29. The summed E-state index contributed by atoms with van der Waals surface area (Å²) in [5, 5.41) is 3.08. The van der Waals surface area contributed by atoms with Gasteiger partial charge in [-0.1, -0.05) is 42.5 Å². The monoisotopic (exact) mass is 311 g/mol. The van der Waals surface area contributed by atoms with E-state index in [1.165, 1.54) is 5.56 Å². The highest BCUT2D eigenvalue weighted by molar-refractivity contribution is 5.76. The first-order valence-electron chi connectivity index (χ1n) is 8.13. The Bertz CT molecular complexity index is 593. The van der Waals surface area contributed by atoms with Crippen LogP contribution >= 0.6 is 0 Å². The molecule has 1 N–H and O–H groups in total. The summed E-state index contributed by atoms with van der Waals surface area (Å²) in [6.07, 6.45) is 3.21. The lowest BCUT2D eigenvalue weighted by Crippen LogP contribution is -2.33. The van der Waals surface area contributed by atoms with Crippen molar-refractivity contribution in [3.05, 3.63) is 65.7 Å². The molecule has 0 spiro atoms. The van der Waals surface area contributed by atoms with Crippen LogP contribution in [-0.2, 0) is 17.6 Å². The highest BCUT2D eigenvalue weighted by Crippen LogP contribution is 2.12. The normalized spacial score (nSPS) is 11.7. The second-order valence-corrected chi connectivity index (χ2v) is 5.84. The molecule has 0 bridgehead atoms. The van der Waals surface area contributed by atoms with Gasteiger partial charge < -0.3 is 10.1 Å². The summed E-state index contributed by atoms with van der Waals surface area (Å²) in [7, 11) is 1.65. The molecule has 3 heteroatoms. The maximum absolute atomic E-state index is 12.0. The third kappa shape index (κ3) is 6.15. The molecule has 3 nitrogen and oxygen atoms in total. The maximum Gasteiger partial charge on any atom is 0.220 e. The zero-order valence-corrected chi connectivity index (χ0v) is 13.9. The molecular weight excluding hydrogens is 286 g/mol. The lowest BCUT2D eigenvalue weighted by atomic mass is 10.1. The van der Waals surface area contributed by atoms with E-state index in [1.54, 1.807) is 7.11 Å². The van der Waals surface area contributed by atoms with Gasteiger partial charge in [0.15, 0.2) is 0 Å². The van der Waals surface area contributed by atoms with Crippen LogP contribution in [0.15, 0.2) is 54.6 Å². The van der Waals surface area contributed by atoms with Crippen molar-refractivity contribution in [3.63, 3.8) is 0 Å². The molecule has 0 saturated heterocycles. The lowest BCUT2D eigenvalue weighted by molar-refractivity contribution is -0.121. The fourth-order valence-corrected chi connectivity index (χ4v) is 2.50. The molecule has 0 fully saturated rings. The third-order valence-corrected chi connectivity index (χ3v) is 3.92. The van der Waals surface area contributed by atoms with Gasteiger partial charge in [-0.05, 0) is 49.4 Å². The zero-order chi connectivity index (χ0) is 16.5. The summed E-state index contributed by atoms with van der Waals surface area (Å²) in [5.74, 6) is 0.953. The number of aryl methyl sites for hydroxylation is 2. The first-order valence-corrected chi connectivity index (χ1v) is 8.13. The largest absolute Gasteiger partial charge is 0.497 e. The minimum Gasteiger partial charge on any atom is -0.497 e. The summed E-state index contributed by atoms with van der Waals surface area (Å²) in [6.45, 7) is 2.06. The van der Waals surface area contributed by atoms with Crippen molar-refractivity contribution < 1.29 is 9.53 Å². The van der Waals surface area contributed by atoms with Gasteiger partial charge >= 0.3 is 0 Å². The van der Waals surface area contributed by atoms with E-state index in [0.717, 1.165) is 30.6 Å². The average Bonchev–Trinajstić information content (AvgIpc) is 2.59. The van der Waals surface area contributed by atoms with Gasteiger partial charge in [-0.25, -0.2) is 0 Å². The number of carbonyl (C=O) groups is 1. The van der Waals surface area contributed by atoms with E-state index in [9.17, 15) is 4.79 Å². The van der Waals surface area contributed by atoms with E-state index < -0.39 is 0 Å². The third-order valence-electron chi connectivity index (χ3n) is 3.92. The topological polar surface area (TPSA) is 38.3 Å². The van der Waals surface area contributed by atoms with Gasteiger partial charge in [0.1, 0.15) is 5.75 Å². The number of rotatable bonds is 8. The standard InChI is InChI=1S/C20H25NO2/c1-16(8-9-17-6-4-3-5-7-17)21-20(22)15-12-18-10-13-19(23-2)14-11-18/h3-7,10-11,13-14,16H,8-9,12,15H2,1-2H3,(H,21,22)/t16-/m0/s1. The summed E-state index contributed by atoms with van der Waals surface area (Å²) < 4.78 is 5.13. The highest BCUT2D eigenvalue weighted by atomic mass is 16.5. The minimum atomic E-state index is 0.112. The summed E-state index contributed by atoms with van der Waals surface area (Å²) in [5.41, 5.74) is 2.46. The molecule has 0 aliphatic heterocycles. The molecule has 0 aliphatic carbocycles. The molecule has 0 heterocycles. The van der Waals surface area contributed by atoms with Gasteiger partial charge in [-0.2, -0.15) is 0 Å². The Kier molecular flexibility index (Phi) is 6.67. The molecule has 0 unspecified atom stereocenters. The van der Waals surface area contributed by atoms with Crippen molar-refractivity contribution in [3.8, 4) is 5.75 Å². The van der Waals surface area contributed by atoms with Gasteiger partial charge in [0.25, 0.3) is 0 Å². The number of ether oxygens (including phenoxy) is 1. The lowest BCUT2D eigenvalue weighted by Gasteiger charge is -2.14. The van der Waals surface area contributed by atoms with Crippen LogP contribution < -0.4 is 10.1 Å². The second-order valence-electron chi connectivity index (χ2n) is 5.84. The molecule has 0 aromatic heterocycles. The second kappa shape index (κ2) is 8.99. The van der Waals surface area contributed by atoms with Crippen LogP contribution in [0.4, 0.5) is 0 Å². The number of hydrogen-bond donors (Lipinski definition) is 1. The van der Waals surface area contributed by atoms with Crippen LogP contribution in [0, 0.1) is 0 Å². The molecule has 23 heavy (non-hydrogen) atoms. The van der Waals surface area contributed by atoms with Crippen molar-refractivity contribution in [2.45, 2.75) is 38.6 Å². The SMILES string of the molecule is COc1ccc(CCC(=O)N[C@@H](C)CCc2ccccc2)cc1. The zero-order valence-electron chi connectivity index (χ0n) is 13.9. The Balaban J connectivity index is 1.69. The van der Waals surface area contributed by atoms with Crippen molar-refractivity contribution in [2.75, 3.05) is 7.11 Å². The van der Waals surface area contributed by atoms with Gasteiger partial charge in [-0.3, -0.25) is 4.79 Å². The summed E-state index contributed by atoms with van der Waals surface area (Å²) >= 11 is 0. The molecule has 1 atom stereocenters. The molecule has 2 aromatic carbocycles. The molecule has 0 aliphatic rings. The Morgan fingerprint density at radius 2 is 1.65 bits per heavy atom. The average molecular weight is 311 g/mol. The Morgan fingerprint density at radius 3 is 2.30 bits per heavy atom. The molecule has 2 rings (SSSR count). The number of benzene rings is 2. The van der Waals surface area contributed by atoms with E-state index in [2.05, 4.69) is 24.4 Å². The van der Waals surface area contributed by atoms with Crippen molar-refractivity contribution in [1.29, 1.82) is 0 Å². The fraction of sp³-hybridized carbons (Fsp3) is 0.350. The quantitative estimate of drug-likeness (QED) is 0.806. The molecular formula is C20H25NO2. The van der Waals surface area contributed by atoms with Crippen LogP contribution in [0.5, 0.6) is 5.75 Å². The summed E-state index contributed by atoms with van der Waals surface area (Å²) in [4.78, 5) is 12.0. The van der Waals surface area contributed by atoms with Gasteiger partial charge in [0, 0.05) is 12.5 Å². The first kappa shape index (κ1) is 17.1. The minimum absolute atomic E-state index is 0.112.